The summed E-state index contributed by atoms with van der Waals surface area (Å²) in [6, 6.07) is -2.49. The Morgan fingerprint density at radius 1 is 0.391 bits per heavy atom. The lowest BCUT2D eigenvalue weighted by molar-refractivity contribution is -0.138. The molecule has 742 valence electrons. The predicted octanol–water partition coefficient (Wildman–Crippen LogP) is -9.71. The Morgan fingerprint density at radius 3 is 1.23 bits per heavy atom. The summed E-state index contributed by atoms with van der Waals surface area (Å²) in [7, 11) is 0. The van der Waals surface area contributed by atoms with Gasteiger partial charge >= 0.3 is 0 Å². The molecule has 2 aromatic carbocycles. The maximum atomic E-state index is 15.0. The van der Waals surface area contributed by atoms with Crippen molar-refractivity contribution in [1.29, 1.82) is 10.8 Å². The highest BCUT2D eigenvalue weighted by Gasteiger charge is 2.42. The summed E-state index contributed by atoms with van der Waals surface area (Å²) in [5.74, 6) is -19.5. The Labute approximate surface area is 771 Å². The fourth-order valence-corrected chi connectivity index (χ4v) is 13.4. The Morgan fingerprint density at radius 2 is 0.789 bits per heavy atom. The SMILES string of the molecule is CCCC(CCC)(NC(=O)CNC(=O)[C@@H](NC(=O)[C@H](Cc1ccccc1)NC(=O)CNC(=O)CNC(=O)[C@@H](N)Cc1ccccc1)[C@@H](C)O)C(=O)N[C@@H](CCCNC(=N)N)C(=O)N[C@@H](CCCCN)C(=O)N[C@@H](CO)C(=O)N[C@@H](C)C(=O)N[C@@H](CCCNC(=N)N)C(=O)N[C@@H](CCCCN)C(=O)N[C@@H](CC(C)C)C(=O)N[C@@H](C)C(=O)N[C@@H](CC(N)=O)C(=O)N[C@@H](CCC(N)=O)C(N)=O. The first-order chi connectivity index (χ1) is 62.8. The zero-order valence-electron chi connectivity index (χ0n) is 76.5. The summed E-state index contributed by atoms with van der Waals surface area (Å²) in [4.78, 5) is 259. The van der Waals surface area contributed by atoms with Crippen molar-refractivity contribution in [2.45, 2.75) is 267 Å². The van der Waals surface area contributed by atoms with E-state index in [2.05, 4.69) is 95.7 Å². The van der Waals surface area contributed by atoms with Crippen LogP contribution in [0, 0.1) is 16.7 Å². The average molecular weight is 1880 g/mol. The van der Waals surface area contributed by atoms with Crippen LogP contribution >= 0.6 is 0 Å². The summed E-state index contributed by atoms with van der Waals surface area (Å²) in [6.45, 7) is 7.46. The molecule has 133 heavy (non-hydrogen) atoms. The van der Waals surface area contributed by atoms with Gasteiger partial charge in [-0.1, -0.05) is 101 Å². The van der Waals surface area contributed by atoms with E-state index in [1.807, 2.05) is 0 Å². The first-order valence-electron chi connectivity index (χ1n) is 44.2. The van der Waals surface area contributed by atoms with Gasteiger partial charge in [-0.2, -0.15) is 0 Å². The second-order valence-corrected chi connectivity index (χ2v) is 32.5. The molecule has 19 amide bonds. The van der Waals surface area contributed by atoms with Gasteiger partial charge in [0.15, 0.2) is 11.9 Å². The molecular formula is C84H140N28O21. The molecule has 0 aliphatic heterocycles. The van der Waals surface area contributed by atoms with Crippen molar-refractivity contribution in [3.63, 3.8) is 0 Å². The van der Waals surface area contributed by atoms with E-state index in [1.165, 1.54) is 20.8 Å². The molecule has 0 saturated heterocycles. The summed E-state index contributed by atoms with van der Waals surface area (Å²) in [5.41, 5.74) is 44.1. The number of guanidine groups is 2. The standard InChI is InChI=1S/C84H140N28O21/c1-8-32-84(33-9-2,112-66(119)44-99-80(132)67(49(7)114)111-78(130)59(40-51-24-14-11-15-25-51)102-65(118)43-97-64(117)42-98-71(123)52(87)39-50-22-12-10-13-23-50)81(133)110-57(29-21-37-96-83(93)94)75(127)106-55(27-17-19-35-86)74(126)109-61(45-113)79(131)101-47(5)69(121)104-56(28-20-36-95-82(91)92)72(124)105-54(26-16-18-34-85)73(125)108-58(38-46(3)4)76(128)100-48(6)70(122)107-60(41-63(89)116)77(129)103-53(68(90)120)30-31-62(88)115/h10-15,22-25,46-49,52-61,67,113-114H,8-9,16-21,26-45,85-87H2,1-7H3,(H2,88,115)(H2,89,116)(H2,90,120)(H,97,117)(H,98,123)(H,99,132)(H,100,128)(H,101,131)(H,102,118)(H,103,129)(H,104,121)(H,105,124)(H,106,127)(H,107,122)(H,108,125)(H,109,126)(H,110,133)(H,111,130)(H,112,119)(H4,91,92,95)(H4,93,94,96)/t47-,48-,49+,52-,53-,54-,55-,56-,57-,58-,59-,60-,61-,67-/m0/s1. The van der Waals surface area contributed by atoms with Gasteiger partial charge in [-0.25, -0.2) is 0 Å². The van der Waals surface area contributed by atoms with Gasteiger partial charge in [0.2, 0.25) is 112 Å². The highest BCUT2D eigenvalue weighted by Crippen LogP contribution is 2.22. The fourth-order valence-electron chi connectivity index (χ4n) is 13.4. The summed E-state index contributed by atoms with van der Waals surface area (Å²) in [6.07, 6.45) is -2.35. The van der Waals surface area contributed by atoms with Crippen molar-refractivity contribution in [3.8, 4) is 0 Å². The first-order valence-corrected chi connectivity index (χ1v) is 44.2. The molecule has 2 aromatic rings. The van der Waals surface area contributed by atoms with Crippen molar-refractivity contribution >= 4 is 124 Å². The number of nitrogens with two attached hydrogens (primary N) is 8. The van der Waals surface area contributed by atoms with E-state index in [1.54, 1.807) is 88.4 Å². The summed E-state index contributed by atoms with van der Waals surface area (Å²) in [5, 5.41) is 81.7. The number of aliphatic hydroxyl groups is 2. The van der Waals surface area contributed by atoms with Gasteiger partial charge in [0.1, 0.15) is 78.0 Å². The van der Waals surface area contributed by atoms with Crippen LogP contribution in [0.5, 0.6) is 0 Å². The number of aliphatic hydroxyl groups excluding tert-OH is 2. The number of amides is 19. The Bertz CT molecular complexity index is 4200. The molecule has 49 heteroatoms. The summed E-state index contributed by atoms with van der Waals surface area (Å²) < 4.78 is 0. The molecule has 14 atom stereocenters. The van der Waals surface area contributed by atoms with Crippen LogP contribution in [0.3, 0.4) is 0 Å². The lowest BCUT2D eigenvalue weighted by atomic mass is 9.86. The average Bonchev–Trinajstić information content (AvgIpc) is 0.808. The van der Waals surface area contributed by atoms with Gasteiger partial charge in [0.05, 0.1) is 44.8 Å². The number of hydrogen-bond acceptors (Lipinski definition) is 26. The zero-order valence-corrected chi connectivity index (χ0v) is 76.5. The maximum Gasteiger partial charge on any atom is 0.246 e. The van der Waals surface area contributed by atoms with Crippen LogP contribution in [0.1, 0.15) is 175 Å². The Kier molecular flexibility index (Phi) is 54.1. The third-order valence-electron chi connectivity index (χ3n) is 20.5. The number of primary amides is 3. The second kappa shape index (κ2) is 62.1. The number of nitrogens with one attached hydrogen (secondary N) is 20. The normalized spacial score (nSPS) is 14.2. The third kappa shape index (κ3) is 45.9. The molecule has 0 unspecified atom stereocenters. The van der Waals surface area contributed by atoms with E-state index >= 15 is 0 Å². The summed E-state index contributed by atoms with van der Waals surface area (Å²) >= 11 is 0. The number of benzene rings is 2. The third-order valence-corrected chi connectivity index (χ3v) is 20.5. The number of carbonyl (C=O) groups is 19. The van der Waals surface area contributed by atoms with E-state index in [-0.39, 0.29) is 141 Å². The van der Waals surface area contributed by atoms with Crippen molar-refractivity contribution < 1.29 is 101 Å². The van der Waals surface area contributed by atoms with Gasteiger partial charge in [-0.3, -0.25) is 102 Å². The highest BCUT2D eigenvalue weighted by molar-refractivity contribution is 6.02. The molecule has 0 fully saturated rings. The number of hydrogen-bond donors (Lipinski definition) is 30. The number of unbranched alkanes of at least 4 members (excludes halogenated alkanes) is 2. The quantitative estimate of drug-likeness (QED) is 0.0166. The minimum Gasteiger partial charge on any atom is -0.394 e. The molecule has 0 aliphatic carbocycles. The van der Waals surface area contributed by atoms with Crippen LogP contribution < -0.4 is 142 Å². The van der Waals surface area contributed by atoms with E-state index in [4.69, 9.17) is 56.7 Å². The minimum atomic E-state index is -1.85. The second-order valence-electron chi connectivity index (χ2n) is 32.5. The van der Waals surface area contributed by atoms with Gasteiger partial charge < -0.3 is 152 Å². The van der Waals surface area contributed by atoms with E-state index < -0.39 is 247 Å². The number of carbonyl (C=O) groups excluding carboxylic acids is 19. The molecule has 49 nitrogen and oxygen atoms in total. The predicted molar refractivity (Wildman–Crippen MR) is 486 cm³/mol. The van der Waals surface area contributed by atoms with E-state index in [0.29, 0.717) is 18.4 Å². The Balaban J connectivity index is 2.42. The van der Waals surface area contributed by atoms with Gasteiger partial charge in [-0.15, -0.1) is 0 Å². The molecule has 2 rings (SSSR count). The van der Waals surface area contributed by atoms with Crippen LogP contribution in [0.4, 0.5) is 0 Å². The van der Waals surface area contributed by atoms with Crippen molar-refractivity contribution in [1.82, 2.24) is 95.7 Å². The smallest absolute Gasteiger partial charge is 0.246 e. The van der Waals surface area contributed by atoms with Crippen LogP contribution in [0.15, 0.2) is 60.7 Å². The monoisotopic (exact) mass is 1880 g/mol. The number of rotatable bonds is 66. The maximum absolute atomic E-state index is 15.0. The van der Waals surface area contributed by atoms with Crippen LogP contribution in [0.2, 0.25) is 0 Å². The first kappa shape index (κ1) is 116. The van der Waals surface area contributed by atoms with Gasteiger partial charge in [-0.05, 0) is 147 Å². The van der Waals surface area contributed by atoms with Crippen molar-refractivity contribution in [2.75, 3.05) is 52.4 Å². The Hall–Kier alpha value is -13.3. The van der Waals surface area contributed by atoms with E-state index in [0.717, 1.165) is 5.56 Å². The molecule has 0 spiro atoms. The molecule has 38 N–H and O–H groups in total. The molecular weight excluding hydrogens is 1740 g/mol. The zero-order chi connectivity index (χ0) is 100. The molecule has 0 aromatic heterocycles. The molecule has 0 radical (unpaired) electrons. The topological polar surface area (TPSA) is 837 Å². The van der Waals surface area contributed by atoms with Crippen LogP contribution in [-0.4, -0.2) is 277 Å². The van der Waals surface area contributed by atoms with Crippen LogP contribution in [0.25, 0.3) is 0 Å². The van der Waals surface area contributed by atoms with E-state index in [9.17, 15) is 101 Å². The lowest BCUT2D eigenvalue weighted by Gasteiger charge is -2.35. The lowest BCUT2D eigenvalue weighted by Crippen LogP contribution is -2.64. The van der Waals surface area contributed by atoms with Crippen molar-refractivity contribution in [2.24, 2.45) is 51.8 Å². The van der Waals surface area contributed by atoms with Gasteiger partial charge in [0.25, 0.3) is 0 Å². The minimum absolute atomic E-state index is 0.0123. The molecule has 0 saturated carbocycles. The molecule has 0 bridgehead atoms. The molecule has 0 aliphatic rings. The van der Waals surface area contributed by atoms with Crippen LogP contribution in [-0.2, 0) is 104 Å². The van der Waals surface area contributed by atoms with Crippen molar-refractivity contribution in [3.05, 3.63) is 71.8 Å². The molecule has 0 heterocycles. The van der Waals surface area contributed by atoms with Gasteiger partial charge in [0, 0.05) is 25.9 Å². The fraction of sp³-hybridized carbons (Fsp3) is 0.607. The largest absolute Gasteiger partial charge is 0.394 e. The highest BCUT2D eigenvalue weighted by atomic mass is 16.3.